The summed E-state index contributed by atoms with van der Waals surface area (Å²) in [5.41, 5.74) is 4.28. The molecule has 3 aromatic rings. The molecule has 0 aliphatic heterocycles. The van der Waals surface area contributed by atoms with E-state index in [1.807, 2.05) is 0 Å². The Bertz CT molecular complexity index is 655. The van der Waals surface area contributed by atoms with Crippen LogP contribution >= 0.6 is 0 Å². The Labute approximate surface area is 163 Å². The van der Waals surface area contributed by atoms with Crippen LogP contribution in [0.25, 0.3) is 0 Å². The Hall–Kier alpha value is -1.51. The van der Waals surface area contributed by atoms with Crippen LogP contribution in [0.4, 0.5) is 0 Å². The van der Waals surface area contributed by atoms with E-state index in [0.717, 1.165) is 25.6 Å². The van der Waals surface area contributed by atoms with Crippen molar-refractivity contribution in [2.75, 3.05) is 6.61 Å². The van der Waals surface area contributed by atoms with Gasteiger partial charge in [0.15, 0.2) is 0 Å². The van der Waals surface area contributed by atoms with Gasteiger partial charge in [0, 0.05) is 0 Å². The van der Waals surface area contributed by atoms with E-state index in [1.165, 1.54) is 16.7 Å². The Morgan fingerprint density at radius 1 is 0.577 bits per heavy atom. The van der Waals surface area contributed by atoms with Gasteiger partial charge in [-0.1, -0.05) is 0 Å². The molecule has 0 radical (unpaired) electrons. The van der Waals surface area contributed by atoms with E-state index in [-0.39, 0.29) is 0 Å². The predicted octanol–water partition coefficient (Wildman–Crippen LogP) is 6.08. The summed E-state index contributed by atoms with van der Waals surface area (Å²) in [6.07, 6.45) is 1.08. The van der Waals surface area contributed by atoms with E-state index in [2.05, 4.69) is 97.9 Å². The number of rotatable bonds is 9. The molecule has 0 saturated heterocycles. The number of hydrogen-bond acceptors (Lipinski definition) is 1. The maximum atomic E-state index is 6.81. The molecule has 134 valence electrons. The SMILES string of the molecule is CCC[O][Hf]([CH2]c1ccccc1)([CH2]c1ccccc1)[CH2]c1ccccc1. The first-order chi connectivity index (χ1) is 12.8. The van der Waals surface area contributed by atoms with Crippen LogP contribution in [0.2, 0.25) is 0 Å². The fourth-order valence-electron chi connectivity index (χ4n) is 3.56. The third-order valence-corrected chi connectivity index (χ3v) is 19.0. The van der Waals surface area contributed by atoms with Gasteiger partial charge in [0.2, 0.25) is 0 Å². The molecule has 0 bridgehead atoms. The summed E-state index contributed by atoms with van der Waals surface area (Å²) in [5, 5.41) is 0. The maximum absolute atomic E-state index is 6.81. The summed E-state index contributed by atoms with van der Waals surface area (Å²) in [4.78, 5) is 0. The molecule has 0 aromatic heterocycles. The van der Waals surface area contributed by atoms with Crippen LogP contribution in [0.15, 0.2) is 91.0 Å². The normalized spacial score (nSPS) is 11.4. The second-order valence-electron chi connectivity index (χ2n) is 7.02. The zero-order valence-corrected chi connectivity index (χ0v) is 19.2. The van der Waals surface area contributed by atoms with Gasteiger partial charge in [0.1, 0.15) is 0 Å². The molecule has 2 heteroatoms. The summed E-state index contributed by atoms with van der Waals surface area (Å²) in [7, 11) is 0. The molecule has 26 heavy (non-hydrogen) atoms. The minimum absolute atomic E-state index is 0.883. The number of benzene rings is 3. The average molecular weight is 511 g/mol. The molecular weight excluding hydrogens is 483 g/mol. The second-order valence-corrected chi connectivity index (χ2v) is 20.4. The topological polar surface area (TPSA) is 9.23 Å². The van der Waals surface area contributed by atoms with Gasteiger partial charge in [0.05, 0.1) is 0 Å². The van der Waals surface area contributed by atoms with Crippen LogP contribution in [0.1, 0.15) is 30.0 Å². The van der Waals surface area contributed by atoms with Crippen molar-refractivity contribution in [3.05, 3.63) is 108 Å². The summed E-state index contributed by atoms with van der Waals surface area (Å²) in [6, 6.07) is 32.8. The van der Waals surface area contributed by atoms with Crippen molar-refractivity contribution in [3.8, 4) is 0 Å². The first kappa shape index (κ1) is 19.3. The van der Waals surface area contributed by atoms with Gasteiger partial charge in [-0.25, -0.2) is 0 Å². The van der Waals surface area contributed by atoms with Crippen molar-refractivity contribution in [2.45, 2.75) is 25.9 Å². The minimum atomic E-state index is -3.12. The standard InChI is InChI=1S/3C7H7.C3H7O.Hf/c3*1-7-5-3-2-4-6-7;1-2-3-4;/h3*2-6H,1H2;2-3H2,1H3;/q;;;-1;+1. The quantitative estimate of drug-likeness (QED) is 0.317. The molecule has 0 spiro atoms. The fourth-order valence-corrected chi connectivity index (χ4v) is 18.9. The van der Waals surface area contributed by atoms with Crippen molar-refractivity contribution in [1.29, 1.82) is 0 Å². The molecule has 0 heterocycles. The van der Waals surface area contributed by atoms with E-state index in [9.17, 15) is 0 Å². The Morgan fingerprint density at radius 2 is 0.923 bits per heavy atom. The molecule has 3 rings (SSSR count). The van der Waals surface area contributed by atoms with E-state index < -0.39 is 20.4 Å². The first-order valence-electron chi connectivity index (χ1n) is 9.55. The summed E-state index contributed by atoms with van der Waals surface area (Å²) < 4.78 is 10.2. The van der Waals surface area contributed by atoms with Gasteiger partial charge in [-0.2, -0.15) is 0 Å². The van der Waals surface area contributed by atoms with Crippen LogP contribution in [0.5, 0.6) is 0 Å². The summed E-state index contributed by atoms with van der Waals surface area (Å²) in [6.45, 7) is 3.10. The van der Waals surface area contributed by atoms with Crippen LogP contribution in [-0.2, 0) is 35.8 Å². The Balaban J connectivity index is 1.94. The van der Waals surface area contributed by atoms with Crippen LogP contribution in [0, 0.1) is 0 Å². The summed E-state index contributed by atoms with van der Waals surface area (Å²) in [5.74, 6) is 0. The van der Waals surface area contributed by atoms with Crippen molar-refractivity contribution in [2.24, 2.45) is 0 Å². The molecule has 0 amide bonds. The summed E-state index contributed by atoms with van der Waals surface area (Å²) >= 11 is -3.12. The molecule has 1 nitrogen and oxygen atoms in total. The van der Waals surface area contributed by atoms with Gasteiger partial charge in [-0.15, -0.1) is 0 Å². The zero-order valence-electron chi connectivity index (χ0n) is 15.6. The number of hydrogen-bond donors (Lipinski definition) is 0. The van der Waals surface area contributed by atoms with E-state index in [4.69, 9.17) is 2.85 Å². The van der Waals surface area contributed by atoms with E-state index in [1.54, 1.807) is 0 Å². The van der Waals surface area contributed by atoms with Crippen molar-refractivity contribution in [3.63, 3.8) is 0 Å². The molecule has 0 unspecified atom stereocenters. The Morgan fingerprint density at radius 3 is 1.23 bits per heavy atom. The van der Waals surface area contributed by atoms with Crippen LogP contribution in [-0.4, -0.2) is 6.61 Å². The van der Waals surface area contributed by atoms with E-state index >= 15 is 0 Å². The zero-order chi connectivity index (χ0) is 18.1. The molecule has 3 aromatic carbocycles. The van der Waals surface area contributed by atoms with Gasteiger partial charge in [-0.3, -0.25) is 0 Å². The van der Waals surface area contributed by atoms with Crippen molar-refractivity contribution >= 4 is 0 Å². The molecule has 0 atom stereocenters. The molecule has 0 N–H and O–H groups in total. The van der Waals surface area contributed by atoms with E-state index in [0.29, 0.717) is 0 Å². The average Bonchev–Trinajstić information content (AvgIpc) is 2.69. The van der Waals surface area contributed by atoms with Gasteiger partial charge in [0.25, 0.3) is 0 Å². The second kappa shape index (κ2) is 9.99. The molecule has 0 aliphatic carbocycles. The predicted molar refractivity (Wildman–Crippen MR) is 107 cm³/mol. The molecule has 0 fully saturated rings. The van der Waals surface area contributed by atoms with Crippen molar-refractivity contribution in [1.82, 2.24) is 0 Å². The fraction of sp³-hybridized carbons (Fsp3) is 0.250. The third kappa shape index (κ3) is 5.75. The van der Waals surface area contributed by atoms with Crippen molar-refractivity contribution < 1.29 is 23.3 Å². The molecular formula is C24H28HfO. The third-order valence-electron chi connectivity index (χ3n) is 4.72. The molecule has 0 aliphatic rings. The van der Waals surface area contributed by atoms with Crippen LogP contribution < -0.4 is 0 Å². The van der Waals surface area contributed by atoms with Crippen LogP contribution in [0.3, 0.4) is 0 Å². The van der Waals surface area contributed by atoms with Gasteiger partial charge < -0.3 is 0 Å². The van der Waals surface area contributed by atoms with Gasteiger partial charge >= 0.3 is 163 Å². The monoisotopic (exact) mass is 512 g/mol. The Kier molecular flexibility index (Phi) is 7.40. The van der Waals surface area contributed by atoms with Gasteiger partial charge in [-0.05, 0) is 0 Å². The molecule has 0 saturated carbocycles. The first-order valence-corrected chi connectivity index (χ1v) is 18.6.